The highest BCUT2D eigenvalue weighted by molar-refractivity contribution is 14.1. The van der Waals surface area contributed by atoms with Crippen LogP contribution in [0, 0.1) is 3.57 Å². The van der Waals surface area contributed by atoms with Crippen molar-refractivity contribution >= 4 is 22.6 Å². The Labute approximate surface area is 174 Å². The lowest BCUT2D eigenvalue weighted by Gasteiger charge is -2.42. The van der Waals surface area contributed by atoms with E-state index in [-0.39, 0.29) is 0 Å². The van der Waals surface area contributed by atoms with Gasteiger partial charge >= 0.3 is 41.7 Å². The summed E-state index contributed by atoms with van der Waals surface area (Å²) in [4.78, 5) is 0. The van der Waals surface area contributed by atoms with Gasteiger partial charge in [-0.25, -0.2) is 4.39 Å². The Kier molecular flexibility index (Phi) is 6.93. The van der Waals surface area contributed by atoms with Gasteiger partial charge in [-0.2, -0.15) is 65.9 Å². The van der Waals surface area contributed by atoms with Gasteiger partial charge in [0.1, 0.15) is 0 Å². The third-order valence-electron chi connectivity index (χ3n) is 3.85. The third kappa shape index (κ3) is 3.81. The standard InChI is InChI=1S/C14H5F16I/c15-7(5-3-1-2-4-6(5)31)8(16,17)9(18,19)10(20,21)11(22,23)12(24,25)13(26,27)14(28,29)30/h1-4,7H. The summed E-state index contributed by atoms with van der Waals surface area (Å²) in [5.41, 5.74) is -1.51. The molecule has 0 N–H and O–H groups in total. The summed E-state index contributed by atoms with van der Waals surface area (Å²) in [7, 11) is 0. The lowest BCUT2D eigenvalue weighted by molar-refractivity contribution is -0.454. The molecule has 0 spiro atoms. The molecule has 1 atom stereocenters. The molecule has 0 heterocycles. The molecule has 0 saturated heterocycles. The SMILES string of the molecule is FC(c1ccccc1I)C(F)(F)C(F)(F)C(F)(F)C(F)(F)C(F)(F)C(F)(F)C(F)(F)F. The molecule has 1 rings (SSSR count). The summed E-state index contributed by atoms with van der Waals surface area (Å²) >= 11 is 1.01. The van der Waals surface area contributed by atoms with Crippen LogP contribution in [0.5, 0.6) is 0 Å². The van der Waals surface area contributed by atoms with Gasteiger partial charge in [0.15, 0.2) is 6.17 Å². The molecule has 0 bridgehead atoms. The molecule has 1 aromatic carbocycles. The number of benzene rings is 1. The molecule has 17 heteroatoms. The van der Waals surface area contributed by atoms with Crippen LogP contribution in [0.1, 0.15) is 11.7 Å². The van der Waals surface area contributed by atoms with E-state index in [9.17, 15) is 70.2 Å². The largest absolute Gasteiger partial charge is 0.460 e. The topological polar surface area (TPSA) is 0 Å². The highest BCUT2D eigenvalue weighted by Crippen LogP contribution is 2.63. The second kappa shape index (κ2) is 7.71. The average molecular weight is 604 g/mol. The summed E-state index contributed by atoms with van der Waals surface area (Å²) in [5, 5.41) is 0. The second-order valence-electron chi connectivity index (χ2n) is 5.88. The number of hydrogen-bond acceptors (Lipinski definition) is 0. The monoisotopic (exact) mass is 604 g/mol. The Morgan fingerprint density at radius 1 is 0.548 bits per heavy atom. The zero-order valence-electron chi connectivity index (χ0n) is 13.8. The Bertz CT molecular complexity index is 796. The van der Waals surface area contributed by atoms with Crippen LogP contribution >= 0.6 is 22.6 Å². The zero-order chi connectivity index (χ0) is 25.1. The summed E-state index contributed by atoms with van der Waals surface area (Å²) in [6.07, 6.45) is -12.3. The van der Waals surface area contributed by atoms with Gasteiger partial charge in [-0.3, -0.25) is 0 Å². The lowest BCUT2D eigenvalue weighted by atomic mass is 9.88. The van der Waals surface area contributed by atoms with E-state index in [1.807, 2.05) is 0 Å². The van der Waals surface area contributed by atoms with Crippen LogP contribution in [0.3, 0.4) is 0 Å². The van der Waals surface area contributed by atoms with Crippen LogP contribution in [0.4, 0.5) is 70.2 Å². The molecule has 0 fully saturated rings. The molecular weight excluding hydrogens is 599 g/mol. The molecule has 0 radical (unpaired) electrons. The number of rotatable bonds is 7. The van der Waals surface area contributed by atoms with Gasteiger partial charge in [-0.15, -0.1) is 0 Å². The van der Waals surface area contributed by atoms with Crippen molar-refractivity contribution in [3.8, 4) is 0 Å². The maximum Gasteiger partial charge on any atom is 0.460 e. The predicted octanol–water partition coefficient (Wildman–Crippen LogP) is 7.68. The molecular formula is C14H5F16I. The molecule has 0 saturated carbocycles. The fourth-order valence-electron chi connectivity index (χ4n) is 2.01. The molecule has 0 aliphatic heterocycles. The van der Waals surface area contributed by atoms with Crippen molar-refractivity contribution < 1.29 is 70.2 Å². The van der Waals surface area contributed by atoms with Gasteiger partial charge in [-0.05, 0) is 28.7 Å². The van der Waals surface area contributed by atoms with E-state index in [0.717, 1.165) is 34.7 Å². The molecule has 0 aliphatic rings. The smallest absolute Gasteiger partial charge is 0.235 e. The van der Waals surface area contributed by atoms with Crippen molar-refractivity contribution in [1.29, 1.82) is 0 Å². The molecule has 180 valence electrons. The summed E-state index contributed by atoms with van der Waals surface area (Å²) in [6.45, 7) is 0. The van der Waals surface area contributed by atoms with Crippen molar-refractivity contribution in [1.82, 2.24) is 0 Å². The van der Waals surface area contributed by atoms with E-state index >= 15 is 0 Å². The van der Waals surface area contributed by atoms with E-state index in [0.29, 0.717) is 12.1 Å². The fraction of sp³-hybridized carbons (Fsp3) is 0.571. The quantitative estimate of drug-likeness (QED) is 0.222. The first kappa shape index (κ1) is 27.9. The highest BCUT2D eigenvalue weighted by atomic mass is 127. The molecule has 0 nitrogen and oxygen atoms in total. The van der Waals surface area contributed by atoms with Crippen molar-refractivity contribution in [3.05, 3.63) is 33.4 Å². The normalized spacial score (nSPS) is 16.4. The summed E-state index contributed by atoms with van der Waals surface area (Å²) in [6, 6.07) is 2.74. The van der Waals surface area contributed by atoms with E-state index in [1.165, 1.54) is 0 Å². The molecule has 1 aromatic rings. The Balaban J connectivity index is 3.63. The Hall–Kier alpha value is -1.17. The summed E-state index contributed by atoms with van der Waals surface area (Å²) < 4.78 is 210. The van der Waals surface area contributed by atoms with Crippen molar-refractivity contribution in [2.45, 2.75) is 47.9 Å². The van der Waals surface area contributed by atoms with Crippen LogP contribution < -0.4 is 0 Å². The molecule has 0 aliphatic carbocycles. The molecule has 1 unspecified atom stereocenters. The minimum atomic E-state index is -8.44. The first-order chi connectivity index (χ1) is 13.4. The number of halogens is 17. The van der Waals surface area contributed by atoms with Gasteiger partial charge < -0.3 is 0 Å². The first-order valence-electron chi connectivity index (χ1n) is 7.15. The van der Waals surface area contributed by atoms with E-state index in [1.54, 1.807) is 0 Å². The van der Waals surface area contributed by atoms with E-state index < -0.39 is 57.0 Å². The lowest BCUT2D eigenvalue weighted by Crippen LogP contribution is -2.73. The van der Waals surface area contributed by atoms with Gasteiger partial charge in [0.05, 0.1) is 0 Å². The fourth-order valence-corrected chi connectivity index (χ4v) is 2.67. The van der Waals surface area contributed by atoms with Gasteiger partial charge in [0.2, 0.25) is 0 Å². The van der Waals surface area contributed by atoms with Crippen molar-refractivity contribution in [2.24, 2.45) is 0 Å². The minimum absolute atomic E-state index is 0.291. The zero-order valence-corrected chi connectivity index (χ0v) is 16.0. The van der Waals surface area contributed by atoms with Crippen LogP contribution in [0.2, 0.25) is 0 Å². The maximum atomic E-state index is 14.0. The predicted molar refractivity (Wildman–Crippen MR) is 78.7 cm³/mol. The number of alkyl halides is 16. The molecule has 0 amide bonds. The summed E-state index contributed by atoms with van der Waals surface area (Å²) in [5.74, 6) is -48.0. The highest BCUT2D eigenvalue weighted by Gasteiger charge is 2.93. The maximum absolute atomic E-state index is 14.0. The van der Waals surface area contributed by atoms with E-state index in [4.69, 9.17) is 0 Å². The number of hydrogen-bond donors (Lipinski definition) is 0. The first-order valence-corrected chi connectivity index (χ1v) is 8.23. The van der Waals surface area contributed by atoms with E-state index in [2.05, 4.69) is 0 Å². The van der Waals surface area contributed by atoms with Crippen LogP contribution in [-0.2, 0) is 0 Å². The van der Waals surface area contributed by atoms with Crippen molar-refractivity contribution in [2.75, 3.05) is 0 Å². The van der Waals surface area contributed by atoms with Crippen LogP contribution in [-0.4, -0.2) is 41.7 Å². The molecule has 31 heavy (non-hydrogen) atoms. The Morgan fingerprint density at radius 3 is 1.29 bits per heavy atom. The van der Waals surface area contributed by atoms with Gasteiger partial charge in [0, 0.05) is 9.13 Å². The van der Waals surface area contributed by atoms with Crippen LogP contribution in [0.25, 0.3) is 0 Å². The molecule has 0 aromatic heterocycles. The Morgan fingerprint density at radius 2 is 0.903 bits per heavy atom. The van der Waals surface area contributed by atoms with Gasteiger partial charge in [0.25, 0.3) is 0 Å². The minimum Gasteiger partial charge on any atom is -0.235 e. The average Bonchev–Trinajstić information content (AvgIpc) is 2.59. The van der Waals surface area contributed by atoms with Gasteiger partial charge in [-0.1, -0.05) is 18.2 Å². The second-order valence-corrected chi connectivity index (χ2v) is 7.04. The van der Waals surface area contributed by atoms with Crippen molar-refractivity contribution in [3.63, 3.8) is 0 Å². The van der Waals surface area contributed by atoms with Crippen LogP contribution in [0.15, 0.2) is 24.3 Å². The third-order valence-corrected chi connectivity index (χ3v) is 4.83.